The van der Waals surface area contributed by atoms with Gasteiger partial charge in [0.15, 0.2) is 0 Å². The predicted molar refractivity (Wildman–Crippen MR) is 75.3 cm³/mol. The van der Waals surface area contributed by atoms with E-state index in [1.807, 2.05) is 30.3 Å². The molecule has 0 aromatic heterocycles. The summed E-state index contributed by atoms with van der Waals surface area (Å²) in [5.41, 5.74) is 1.97. The van der Waals surface area contributed by atoms with Crippen LogP contribution in [0.25, 0.3) is 0 Å². The quantitative estimate of drug-likeness (QED) is 0.930. The number of halogens is 1. The van der Waals surface area contributed by atoms with E-state index in [-0.39, 0.29) is 11.9 Å². The summed E-state index contributed by atoms with van der Waals surface area (Å²) in [6, 6.07) is 14.4. The third-order valence-corrected chi connectivity index (χ3v) is 3.72. The van der Waals surface area contributed by atoms with Gasteiger partial charge in [-0.1, -0.05) is 30.3 Å². The first-order valence-electron chi connectivity index (χ1n) is 6.89. The number of benzene rings is 2. The van der Waals surface area contributed by atoms with E-state index in [4.69, 9.17) is 4.74 Å². The number of ether oxygens (including phenoxy) is 1. The van der Waals surface area contributed by atoms with Gasteiger partial charge in [-0.2, -0.15) is 0 Å². The maximum absolute atomic E-state index is 13.1. The fraction of sp³-hybridized carbons (Fsp3) is 0.294. The molecule has 1 heterocycles. The smallest absolute Gasteiger partial charge is 0.125 e. The van der Waals surface area contributed by atoms with Crippen molar-refractivity contribution in [2.75, 3.05) is 0 Å². The first-order chi connectivity index (χ1) is 9.72. The van der Waals surface area contributed by atoms with Gasteiger partial charge in [0, 0.05) is 6.42 Å². The van der Waals surface area contributed by atoms with Crippen LogP contribution in [-0.2, 0) is 12.8 Å². The highest BCUT2D eigenvalue weighted by atomic mass is 19.1. The Balaban J connectivity index is 1.69. The van der Waals surface area contributed by atoms with Crippen LogP contribution in [0.5, 0.6) is 5.75 Å². The third kappa shape index (κ3) is 2.83. The monoisotopic (exact) mass is 272 g/mol. The van der Waals surface area contributed by atoms with Gasteiger partial charge in [0.25, 0.3) is 0 Å². The number of aryl methyl sites for hydroxylation is 1. The van der Waals surface area contributed by atoms with E-state index in [1.165, 1.54) is 12.1 Å². The minimum Gasteiger partial charge on any atom is -0.487 e. The van der Waals surface area contributed by atoms with Crippen molar-refractivity contribution in [3.05, 3.63) is 65.5 Å². The van der Waals surface area contributed by atoms with Crippen LogP contribution in [0.3, 0.4) is 0 Å². The Labute approximate surface area is 117 Å². The van der Waals surface area contributed by atoms with Crippen molar-refractivity contribution in [1.82, 2.24) is 0 Å². The molecular formula is C17H17FO2. The van der Waals surface area contributed by atoms with Crippen molar-refractivity contribution in [2.24, 2.45) is 0 Å². The molecule has 0 radical (unpaired) electrons. The summed E-state index contributed by atoms with van der Waals surface area (Å²) in [6.45, 7) is 0. The number of fused-ring (bicyclic) bond motifs is 1. The molecule has 104 valence electrons. The average molecular weight is 272 g/mol. The molecule has 2 atom stereocenters. The molecule has 20 heavy (non-hydrogen) atoms. The van der Waals surface area contributed by atoms with Crippen molar-refractivity contribution in [3.63, 3.8) is 0 Å². The van der Waals surface area contributed by atoms with Gasteiger partial charge in [0.1, 0.15) is 17.7 Å². The number of aliphatic hydroxyl groups excluding tert-OH is 1. The van der Waals surface area contributed by atoms with Crippen molar-refractivity contribution in [3.8, 4) is 5.75 Å². The lowest BCUT2D eigenvalue weighted by molar-refractivity contribution is 0.0244. The number of hydrogen-bond acceptors (Lipinski definition) is 2. The molecule has 1 aliphatic heterocycles. The predicted octanol–water partition coefficient (Wildman–Crippen LogP) is 3.12. The summed E-state index contributed by atoms with van der Waals surface area (Å²) in [5.74, 6) is 0.449. The molecule has 0 saturated heterocycles. The lowest BCUT2D eigenvalue weighted by Gasteiger charge is -2.29. The molecule has 2 nitrogen and oxygen atoms in total. The maximum atomic E-state index is 13.1. The van der Waals surface area contributed by atoms with Crippen molar-refractivity contribution >= 4 is 0 Å². The summed E-state index contributed by atoms with van der Waals surface area (Å²) in [6.07, 6.45) is 1.25. The molecule has 0 fully saturated rings. The molecule has 0 saturated carbocycles. The first kappa shape index (κ1) is 13.1. The average Bonchev–Trinajstić information content (AvgIpc) is 2.47. The van der Waals surface area contributed by atoms with E-state index in [0.29, 0.717) is 18.6 Å². The zero-order valence-electron chi connectivity index (χ0n) is 11.1. The second kappa shape index (κ2) is 5.63. The standard InChI is InChI=1S/C17H17FO2/c18-14-7-9-16-13(11-14)6-8-17(20-16)15(19)10-12-4-2-1-3-5-12/h1-5,7,9,11,15,17,19H,6,8,10H2/t15?,17-/m1/s1. The van der Waals surface area contributed by atoms with E-state index < -0.39 is 6.10 Å². The Morgan fingerprint density at radius 3 is 2.80 bits per heavy atom. The van der Waals surface area contributed by atoms with Crippen molar-refractivity contribution in [2.45, 2.75) is 31.5 Å². The molecule has 1 unspecified atom stereocenters. The molecular weight excluding hydrogens is 255 g/mol. The van der Waals surface area contributed by atoms with Gasteiger partial charge >= 0.3 is 0 Å². The maximum Gasteiger partial charge on any atom is 0.125 e. The fourth-order valence-electron chi connectivity index (χ4n) is 2.64. The molecule has 0 bridgehead atoms. The van der Waals surface area contributed by atoms with Gasteiger partial charge in [-0.15, -0.1) is 0 Å². The molecule has 2 aromatic carbocycles. The molecule has 2 aromatic rings. The highest BCUT2D eigenvalue weighted by molar-refractivity contribution is 5.36. The van der Waals surface area contributed by atoms with Crippen LogP contribution in [0.1, 0.15) is 17.5 Å². The molecule has 3 rings (SSSR count). The van der Waals surface area contributed by atoms with E-state index >= 15 is 0 Å². The largest absolute Gasteiger partial charge is 0.487 e. The second-order valence-electron chi connectivity index (χ2n) is 5.20. The Morgan fingerprint density at radius 1 is 1.20 bits per heavy atom. The van der Waals surface area contributed by atoms with Crippen LogP contribution in [0.2, 0.25) is 0 Å². The zero-order chi connectivity index (χ0) is 13.9. The fourth-order valence-corrected chi connectivity index (χ4v) is 2.64. The van der Waals surface area contributed by atoms with Crippen LogP contribution >= 0.6 is 0 Å². The van der Waals surface area contributed by atoms with E-state index in [9.17, 15) is 9.50 Å². The van der Waals surface area contributed by atoms with Gasteiger partial charge in [0.2, 0.25) is 0 Å². The minimum atomic E-state index is -0.546. The second-order valence-corrected chi connectivity index (χ2v) is 5.20. The lowest BCUT2D eigenvalue weighted by atomic mass is 9.95. The summed E-state index contributed by atoms with van der Waals surface area (Å²) in [4.78, 5) is 0. The highest BCUT2D eigenvalue weighted by Gasteiger charge is 2.26. The number of aliphatic hydroxyl groups is 1. The molecule has 1 aliphatic rings. The summed E-state index contributed by atoms with van der Waals surface area (Å²) < 4.78 is 18.9. The Hall–Kier alpha value is -1.87. The summed E-state index contributed by atoms with van der Waals surface area (Å²) in [5, 5.41) is 10.3. The first-order valence-corrected chi connectivity index (χ1v) is 6.89. The van der Waals surface area contributed by atoms with Gasteiger partial charge in [-0.3, -0.25) is 0 Å². The number of rotatable bonds is 3. The Morgan fingerprint density at radius 2 is 2.00 bits per heavy atom. The zero-order valence-corrected chi connectivity index (χ0v) is 11.1. The van der Waals surface area contributed by atoms with Gasteiger partial charge in [-0.05, 0) is 42.2 Å². The van der Waals surface area contributed by atoms with Crippen molar-refractivity contribution < 1.29 is 14.2 Å². The molecule has 0 amide bonds. The van der Waals surface area contributed by atoms with Gasteiger partial charge < -0.3 is 9.84 Å². The van der Waals surface area contributed by atoms with Crippen LogP contribution in [0.15, 0.2) is 48.5 Å². The molecule has 0 aliphatic carbocycles. The van der Waals surface area contributed by atoms with E-state index in [2.05, 4.69) is 0 Å². The molecule has 3 heteroatoms. The SMILES string of the molecule is OC(Cc1ccccc1)[C@H]1CCc2cc(F)ccc2O1. The van der Waals surface area contributed by atoms with Crippen LogP contribution < -0.4 is 4.74 Å². The minimum absolute atomic E-state index is 0.229. The van der Waals surface area contributed by atoms with Crippen LogP contribution in [0.4, 0.5) is 4.39 Å². The van der Waals surface area contributed by atoms with E-state index in [0.717, 1.165) is 17.5 Å². The Bertz CT molecular complexity index is 583. The van der Waals surface area contributed by atoms with Gasteiger partial charge in [-0.25, -0.2) is 4.39 Å². The summed E-state index contributed by atoms with van der Waals surface area (Å²) >= 11 is 0. The topological polar surface area (TPSA) is 29.5 Å². The number of hydrogen-bond donors (Lipinski definition) is 1. The highest BCUT2D eigenvalue weighted by Crippen LogP contribution is 2.29. The van der Waals surface area contributed by atoms with Gasteiger partial charge in [0.05, 0.1) is 6.10 Å². The molecule has 0 spiro atoms. The Kier molecular flexibility index (Phi) is 3.70. The van der Waals surface area contributed by atoms with Crippen LogP contribution in [-0.4, -0.2) is 17.3 Å². The summed E-state index contributed by atoms with van der Waals surface area (Å²) in [7, 11) is 0. The third-order valence-electron chi connectivity index (χ3n) is 3.72. The van der Waals surface area contributed by atoms with Crippen molar-refractivity contribution in [1.29, 1.82) is 0 Å². The lowest BCUT2D eigenvalue weighted by Crippen LogP contribution is -2.36. The normalized spacial score (nSPS) is 19.0. The molecule has 1 N–H and O–H groups in total. The van der Waals surface area contributed by atoms with Crippen LogP contribution in [0, 0.1) is 5.82 Å². The van der Waals surface area contributed by atoms with E-state index in [1.54, 1.807) is 6.07 Å².